The first-order valence-electron chi connectivity index (χ1n) is 21.7. The van der Waals surface area contributed by atoms with E-state index in [1.54, 1.807) is 36.0 Å². The third kappa shape index (κ3) is 9.37. The van der Waals surface area contributed by atoms with Gasteiger partial charge in [0.2, 0.25) is 12.6 Å². The number of oxime groups is 1. The Morgan fingerprint density at radius 1 is 0.983 bits per heavy atom. The number of allylic oxidation sites excluding steroid dienone is 1. The summed E-state index contributed by atoms with van der Waals surface area (Å²) < 4.78 is 32.2. The summed E-state index contributed by atoms with van der Waals surface area (Å²) in [6.07, 6.45) is 9.93. The van der Waals surface area contributed by atoms with E-state index in [1.807, 2.05) is 42.2 Å². The molecule has 11 nitrogen and oxygen atoms in total. The topological polar surface area (TPSA) is 129 Å². The lowest BCUT2D eigenvalue weighted by molar-refractivity contribution is -0.254. The number of hydrogen-bond acceptors (Lipinski definition) is 11. The van der Waals surface area contributed by atoms with E-state index in [9.17, 15) is 15.0 Å². The second-order valence-corrected chi connectivity index (χ2v) is 16.9. The number of carbonyl (C=O) groups excluding carboxylic acids is 1. The standard InChI is InChI=1S/C48H60N2O9S/c1-4-22-50(47(53)34-18-20-42-43(29-34)56-32-55-42)44-31-40(49-58-6-3)38-28-33(14-10-12-23-51)37(17-11-13-24-52)45-39-30-35(54-26-27-60-36-15-8-7-9-16-36)19-21-41(39)59-48(44,46(38)45)57-25-5-2/h5,7-9,15-16,18-21,28-30,33,37,44-46,51-52H,2,4,6,10-14,17,22-27,31-32H2,1,3H3/t33-,37+,44-,45+,46+,48+/m0/s1. The smallest absolute Gasteiger partial charge is 0.254 e. The molecule has 0 saturated heterocycles. The number of amides is 1. The number of nitrogens with zero attached hydrogens (tertiary/aromatic N) is 2. The zero-order valence-electron chi connectivity index (χ0n) is 35.0. The molecule has 7 rings (SSSR count). The molecule has 1 amide bonds. The summed E-state index contributed by atoms with van der Waals surface area (Å²) in [5.74, 6) is 1.56. The van der Waals surface area contributed by atoms with Gasteiger partial charge in [0, 0.05) is 53.9 Å². The molecule has 2 N–H and O–H groups in total. The van der Waals surface area contributed by atoms with Gasteiger partial charge >= 0.3 is 0 Å². The predicted octanol–water partition coefficient (Wildman–Crippen LogP) is 8.79. The quantitative estimate of drug-likeness (QED) is 0.0439. The van der Waals surface area contributed by atoms with Crippen molar-refractivity contribution in [1.29, 1.82) is 0 Å². The van der Waals surface area contributed by atoms with Gasteiger partial charge in [-0.2, -0.15) is 0 Å². The van der Waals surface area contributed by atoms with Crippen LogP contribution in [0.25, 0.3) is 0 Å². The van der Waals surface area contributed by atoms with Gasteiger partial charge in [0.05, 0.1) is 24.8 Å². The highest BCUT2D eigenvalue weighted by molar-refractivity contribution is 7.99. The maximum Gasteiger partial charge on any atom is 0.254 e. The molecule has 0 aromatic heterocycles. The van der Waals surface area contributed by atoms with Crippen molar-refractivity contribution in [3.05, 3.63) is 102 Å². The van der Waals surface area contributed by atoms with Gasteiger partial charge in [-0.1, -0.05) is 55.3 Å². The number of aliphatic hydroxyl groups is 2. The Morgan fingerprint density at radius 3 is 2.53 bits per heavy atom. The summed E-state index contributed by atoms with van der Waals surface area (Å²) in [6.45, 7) is 9.92. The van der Waals surface area contributed by atoms with E-state index in [0.717, 1.165) is 54.0 Å². The van der Waals surface area contributed by atoms with Crippen LogP contribution < -0.4 is 18.9 Å². The Balaban J connectivity index is 1.37. The minimum absolute atomic E-state index is 0.106. The summed E-state index contributed by atoms with van der Waals surface area (Å²) in [5, 5.41) is 24.6. The lowest BCUT2D eigenvalue weighted by Gasteiger charge is -2.60. The molecule has 2 aliphatic carbocycles. The first-order valence-corrected chi connectivity index (χ1v) is 22.7. The average Bonchev–Trinajstić information content (AvgIpc) is 3.75. The lowest BCUT2D eigenvalue weighted by Crippen LogP contribution is -2.70. The molecule has 6 atom stereocenters. The SMILES string of the molecule is C=CCO[C@@]12Oc3ccc(OCCSc4ccccc4)cc3[C@H]3[C@H](CCCCO)[C@@H](CCCCO)C=C(C(=NOCC)C[C@@H]1N(CCC)C(=O)c1ccc4c(c1)OCO4)[C@H]32. The molecule has 2 aliphatic heterocycles. The van der Waals surface area contributed by atoms with Crippen molar-refractivity contribution < 1.29 is 43.5 Å². The first kappa shape index (κ1) is 43.6. The summed E-state index contributed by atoms with van der Waals surface area (Å²) in [5.41, 5.74) is 3.28. The van der Waals surface area contributed by atoms with E-state index < -0.39 is 17.7 Å². The van der Waals surface area contributed by atoms with Crippen molar-refractivity contribution in [2.45, 2.75) is 87.9 Å². The molecule has 0 spiro atoms. The number of ether oxygens (including phenoxy) is 5. The molecule has 12 heteroatoms. The van der Waals surface area contributed by atoms with Crippen molar-refractivity contribution in [2.75, 3.05) is 52.1 Å². The van der Waals surface area contributed by atoms with E-state index in [0.29, 0.717) is 68.3 Å². The number of benzene rings is 3. The molecule has 3 aromatic carbocycles. The molecule has 1 fully saturated rings. The Hall–Kier alpha value is -4.49. The van der Waals surface area contributed by atoms with Gasteiger partial charge in [-0.05, 0) is 105 Å². The van der Waals surface area contributed by atoms with Crippen LogP contribution in [0.3, 0.4) is 0 Å². The van der Waals surface area contributed by atoms with Gasteiger partial charge in [0.25, 0.3) is 5.91 Å². The van der Waals surface area contributed by atoms with E-state index in [4.69, 9.17) is 33.7 Å². The maximum atomic E-state index is 15.0. The number of aliphatic hydroxyl groups excluding tert-OH is 2. The van der Waals surface area contributed by atoms with Crippen LogP contribution in [0, 0.1) is 17.8 Å². The maximum absolute atomic E-state index is 15.0. The van der Waals surface area contributed by atoms with Gasteiger partial charge < -0.3 is 43.6 Å². The van der Waals surface area contributed by atoms with Crippen LogP contribution in [0.4, 0.5) is 0 Å². The number of rotatable bonds is 22. The minimum Gasteiger partial charge on any atom is -0.493 e. The number of hydrogen-bond donors (Lipinski definition) is 2. The molecule has 2 heterocycles. The molecular formula is C48H60N2O9S. The third-order valence-electron chi connectivity index (χ3n) is 12.0. The normalized spacial score (nSPS) is 24.2. The third-order valence-corrected chi connectivity index (χ3v) is 13.0. The Bertz CT molecular complexity index is 1970. The van der Waals surface area contributed by atoms with Gasteiger partial charge in [0.1, 0.15) is 24.1 Å². The largest absolute Gasteiger partial charge is 0.493 e. The Kier molecular flexibility index (Phi) is 15.2. The fraction of sp³-hybridized carbons (Fsp3) is 0.500. The molecule has 60 heavy (non-hydrogen) atoms. The highest BCUT2D eigenvalue weighted by atomic mass is 32.2. The first-order chi connectivity index (χ1) is 29.5. The summed E-state index contributed by atoms with van der Waals surface area (Å²) in [4.78, 5) is 24.0. The van der Waals surface area contributed by atoms with Crippen LogP contribution in [0.1, 0.15) is 87.1 Å². The Morgan fingerprint density at radius 2 is 1.77 bits per heavy atom. The lowest BCUT2D eigenvalue weighted by atomic mass is 9.55. The molecule has 3 aromatic rings. The number of fused-ring (bicyclic) bond motifs is 3. The van der Waals surface area contributed by atoms with E-state index in [1.165, 1.54) is 4.90 Å². The van der Waals surface area contributed by atoms with Crippen LogP contribution >= 0.6 is 11.8 Å². The summed E-state index contributed by atoms with van der Waals surface area (Å²) >= 11 is 1.76. The second-order valence-electron chi connectivity index (χ2n) is 15.8. The number of unbranched alkanes of at least 4 members (excludes halogenated alkanes) is 2. The van der Waals surface area contributed by atoms with Gasteiger partial charge in [-0.25, -0.2) is 0 Å². The fourth-order valence-electron chi connectivity index (χ4n) is 9.55. The molecule has 0 radical (unpaired) electrons. The van der Waals surface area contributed by atoms with Crippen LogP contribution in [0.15, 0.2) is 101 Å². The predicted molar refractivity (Wildman–Crippen MR) is 233 cm³/mol. The molecule has 1 saturated carbocycles. The van der Waals surface area contributed by atoms with Crippen LogP contribution in [0.5, 0.6) is 23.0 Å². The van der Waals surface area contributed by atoms with Crippen molar-refractivity contribution >= 4 is 23.4 Å². The van der Waals surface area contributed by atoms with Crippen LogP contribution in [-0.4, -0.2) is 90.7 Å². The van der Waals surface area contributed by atoms with Crippen LogP contribution in [-0.2, 0) is 9.57 Å². The Labute approximate surface area is 358 Å². The van der Waals surface area contributed by atoms with Crippen molar-refractivity contribution in [2.24, 2.45) is 22.9 Å². The molecular weight excluding hydrogens is 781 g/mol. The number of carbonyl (C=O) groups is 1. The summed E-state index contributed by atoms with van der Waals surface area (Å²) in [7, 11) is 0. The number of thioether (sulfide) groups is 1. The zero-order chi connectivity index (χ0) is 41.9. The van der Waals surface area contributed by atoms with Crippen molar-refractivity contribution in [1.82, 2.24) is 4.90 Å². The second kappa shape index (κ2) is 20.9. The highest BCUT2D eigenvalue weighted by Gasteiger charge is 2.65. The van der Waals surface area contributed by atoms with Gasteiger partial charge in [-0.3, -0.25) is 4.79 Å². The highest BCUT2D eigenvalue weighted by Crippen LogP contribution is 2.62. The summed E-state index contributed by atoms with van der Waals surface area (Å²) in [6, 6.07) is 21.1. The molecule has 4 aliphatic rings. The zero-order valence-corrected chi connectivity index (χ0v) is 35.8. The average molecular weight is 841 g/mol. The van der Waals surface area contributed by atoms with E-state index in [-0.39, 0.29) is 50.3 Å². The van der Waals surface area contributed by atoms with E-state index in [2.05, 4.69) is 37.8 Å². The van der Waals surface area contributed by atoms with Crippen molar-refractivity contribution in [3.63, 3.8) is 0 Å². The monoisotopic (exact) mass is 840 g/mol. The minimum atomic E-state index is -1.34. The molecule has 0 bridgehead atoms. The fourth-order valence-corrected chi connectivity index (χ4v) is 10.3. The van der Waals surface area contributed by atoms with Crippen molar-refractivity contribution in [3.8, 4) is 23.0 Å². The van der Waals surface area contributed by atoms with Gasteiger partial charge in [0.15, 0.2) is 11.5 Å². The molecule has 0 unspecified atom stereocenters. The molecule has 322 valence electrons. The van der Waals surface area contributed by atoms with Gasteiger partial charge in [-0.15, -0.1) is 18.3 Å². The van der Waals surface area contributed by atoms with Crippen LogP contribution in [0.2, 0.25) is 0 Å². The van der Waals surface area contributed by atoms with E-state index >= 15 is 0 Å².